The van der Waals surface area contributed by atoms with Crippen LogP contribution in [0.3, 0.4) is 0 Å². The summed E-state index contributed by atoms with van der Waals surface area (Å²) in [4.78, 5) is 3.54. The summed E-state index contributed by atoms with van der Waals surface area (Å²) in [5.41, 5.74) is 1.23. The number of hydrogen-bond donors (Lipinski definition) is 0. The second kappa shape index (κ2) is 3.76. The summed E-state index contributed by atoms with van der Waals surface area (Å²) in [6, 6.07) is 1.76. The van der Waals surface area contributed by atoms with Crippen molar-refractivity contribution in [1.29, 1.82) is 0 Å². The van der Waals surface area contributed by atoms with Crippen molar-refractivity contribution in [2.24, 2.45) is 4.36 Å². The van der Waals surface area contributed by atoms with Crippen LogP contribution in [0.1, 0.15) is 5.56 Å². The third kappa shape index (κ3) is 2.11. The molecule has 1 heterocycles. The SMILES string of the molecule is Cc1ccnc(F)c1N=S(C)C. The fourth-order valence-corrected chi connectivity index (χ4v) is 1.39. The molecule has 2 nitrogen and oxygen atoms in total. The van der Waals surface area contributed by atoms with Crippen LogP contribution in [0, 0.1) is 12.9 Å². The third-order valence-corrected chi connectivity index (χ3v) is 1.90. The van der Waals surface area contributed by atoms with Gasteiger partial charge in [-0.1, -0.05) is 0 Å². The number of aromatic nitrogens is 1. The van der Waals surface area contributed by atoms with Gasteiger partial charge in [-0.15, -0.1) is 10.7 Å². The lowest BCUT2D eigenvalue weighted by molar-refractivity contribution is 0.585. The highest BCUT2D eigenvalue weighted by molar-refractivity contribution is 7.85. The summed E-state index contributed by atoms with van der Waals surface area (Å²) in [7, 11) is -0.142. The smallest absolute Gasteiger partial charge is 0.226 e. The Kier molecular flexibility index (Phi) is 2.92. The zero-order valence-electron chi connectivity index (χ0n) is 7.34. The van der Waals surface area contributed by atoms with Crippen molar-refractivity contribution in [2.45, 2.75) is 6.92 Å². The van der Waals surface area contributed by atoms with Crippen LogP contribution in [0.5, 0.6) is 0 Å². The highest BCUT2D eigenvalue weighted by atomic mass is 32.2. The van der Waals surface area contributed by atoms with Gasteiger partial charge in [-0.25, -0.2) is 9.35 Å². The summed E-state index contributed by atoms with van der Waals surface area (Å²) >= 11 is 0. The van der Waals surface area contributed by atoms with E-state index >= 15 is 0 Å². The monoisotopic (exact) mass is 186 g/mol. The van der Waals surface area contributed by atoms with Crippen molar-refractivity contribution in [3.63, 3.8) is 0 Å². The molecule has 1 aromatic rings. The number of hydrogen-bond acceptors (Lipinski definition) is 2. The number of pyridine rings is 1. The summed E-state index contributed by atoms with van der Waals surface area (Å²) in [5.74, 6) is -0.476. The molecule has 0 saturated heterocycles. The zero-order chi connectivity index (χ0) is 9.14. The first-order valence-corrected chi connectivity index (χ1v) is 5.51. The molecule has 0 radical (unpaired) electrons. The summed E-state index contributed by atoms with van der Waals surface area (Å²) in [6.07, 6.45) is 5.32. The minimum atomic E-state index is -0.476. The molecule has 0 atom stereocenters. The molecule has 4 heteroatoms. The average molecular weight is 186 g/mol. The molecule has 1 rings (SSSR count). The highest BCUT2D eigenvalue weighted by Crippen LogP contribution is 2.20. The van der Waals surface area contributed by atoms with Crippen LogP contribution in [0.15, 0.2) is 16.6 Å². The van der Waals surface area contributed by atoms with Gasteiger partial charge in [0.05, 0.1) is 0 Å². The number of nitrogens with zero attached hydrogens (tertiary/aromatic N) is 2. The summed E-state index contributed by atoms with van der Waals surface area (Å²) in [5, 5.41) is 0. The molecule has 0 unspecified atom stereocenters. The summed E-state index contributed by atoms with van der Waals surface area (Å²) < 4.78 is 17.2. The van der Waals surface area contributed by atoms with E-state index in [1.54, 1.807) is 6.07 Å². The molecule has 0 saturated carbocycles. The summed E-state index contributed by atoms with van der Waals surface area (Å²) in [6.45, 7) is 1.83. The second-order valence-corrected chi connectivity index (χ2v) is 4.36. The van der Waals surface area contributed by atoms with Gasteiger partial charge in [-0.2, -0.15) is 4.39 Å². The fourth-order valence-electron chi connectivity index (χ4n) is 0.810. The molecule has 0 aliphatic rings. The molecule has 0 spiro atoms. The van der Waals surface area contributed by atoms with Gasteiger partial charge in [0.1, 0.15) is 5.69 Å². The van der Waals surface area contributed by atoms with E-state index in [1.165, 1.54) is 6.20 Å². The Morgan fingerprint density at radius 1 is 1.50 bits per heavy atom. The molecule has 0 aromatic carbocycles. The molecule has 1 aromatic heterocycles. The Hall–Kier alpha value is -0.770. The maximum atomic E-state index is 13.0. The fraction of sp³-hybridized carbons (Fsp3) is 0.375. The molecular weight excluding hydrogens is 175 g/mol. The normalized spacial score (nSPS) is 10.4. The standard InChI is InChI=1S/C8H11FN2S/c1-6-4-5-10-8(9)7(6)11-12(2)3/h4-5H,1-3H3. The predicted molar refractivity (Wildman–Crippen MR) is 50.2 cm³/mol. The minimum Gasteiger partial charge on any atom is -0.226 e. The molecule has 0 N–H and O–H groups in total. The quantitative estimate of drug-likeness (QED) is 0.617. The van der Waals surface area contributed by atoms with Gasteiger partial charge in [0, 0.05) is 6.20 Å². The van der Waals surface area contributed by atoms with Gasteiger partial charge in [0.15, 0.2) is 0 Å². The first-order valence-electron chi connectivity index (χ1n) is 3.52. The topological polar surface area (TPSA) is 25.2 Å². The molecule has 0 fully saturated rings. The molecular formula is C8H11FN2S. The van der Waals surface area contributed by atoms with E-state index in [-0.39, 0.29) is 10.7 Å². The lowest BCUT2D eigenvalue weighted by Crippen LogP contribution is -1.87. The molecule has 66 valence electrons. The van der Waals surface area contributed by atoms with E-state index in [9.17, 15) is 4.39 Å². The van der Waals surface area contributed by atoms with Crippen LogP contribution in [0.2, 0.25) is 0 Å². The van der Waals surface area contributed by atoms with Gasteiger partial charge < -0.3 is 0 Å². The van der Waals surface area contributed by atoms with E-state index in [4.69, 9.17) is 0 Å². The first-order chi connectivity index (χ1) is 5.61. The van der Waals surface area contributed by atoms with Crippen molar-refractivity contribution >= 4 is 16.4 Å². The zero-order valence-corrected chi connectivity index (χ0v) is 8.15. The largest absolute Gasteiger partial charge is 0.239 e. The number of halogens is 1. The van der Waals surface area contributed by atoms with Gasteiger partial charge >= 0.3 is 0 Å². The Morgan fingerprint density at radius 3 is 2.67 bits per heavy atom. The average Bonchev–Trinajstić information content (AvgIpc) is 1.97. The minimum absolute atomic E-state index is 0.142. The van der Waals surface area contributed by atoms with E-state index in [2.05, 4.69) is 9.35 Å². The van der Waals surface area contributed by atoms with Crippen LogP contribution in [0.4, 0.5) is 10.1 Å². The van der Waals surface area contributed by atoms with E-state index < -0.39 is 5.95 Å². The first kappa shape index (κ1) is 9.32. The van der Waals surface area contributed by atoms with E-state index in [1.807, 2.05) is 19.4 Å². The molecule has 0 aliphatic heterocycles. The maximum Gasteiger partial charge on any atom is 0.239 e. The molecule has 0 bridgehead atoms. The number of aryl methyl sites for hydroxylation is 1. The Bertz CT molecular complexity index is 299. The molecule has 0 aliphatic carbocycles. The van der Waals surface area contributed by atoms with Crippen LogP contribution in [-0.2, 0) is 10.7 Å². The Morgan fingerprint density at radius 2 is 2.17 bits per heavy atom. The van der Waals surface area contributed by atoms with Gasteiger partial charge in [-0.05, 0) is 31.1 Å². The molecule has 12 heavy (non-hydrogen) atoms. The number of rotatable bonds is 1. The van der Waals surface area contributed by atoms with Gasteiger partial charge in [-0.3, -0.25) is 0 Å². The third-order valence-electron chi connectivity index (χ3n) is 1.36. The predicted octanol–water partition coefficient (Wildman–Crippen LogP) is 2.22. The van der Waals surface area contributed by atoms with Crippen LogP contribution in [-0.4, -0.2) is 17.5 Å². The lowest BCUT2D eigenvalue weighted by atomic mass is 10.2. The van der Waals surface area contributed by atoms with E-state index in [0.717, 1.165) is 5.56 Å². The highest BCUT2D eigenvalue weighted by Gasteiger charge is 2.03. The van der Waals surface area contributed by atoms with Crippen LogP contribution >= 0.6 is 0 Å². The maximum absolute atomic E-state index is 13.0. The van der Waals surface area contributed by atoms with Crippen LogP contribution < -0.4 is 0 Å². The van der Waals surface area contributed by atoms with Gasteiger partial charge in [0.25, 0.3) is 0 Å². The molecule has 0 amide bonds. The van der Waals surface area contributed by atoms with Crippen molar-refractivity contribution < 1.29 is 4.39 Å². The van der Waals surface area contributed by atoms with E-state index in [0.29, 0.717) is 5.69 Å². The van der Waals surface area contributed by atoms with Crippen molar-refractivity contribution in [3.8, 4) is 0 Å². The van der Waals surface area contributed by atoms with Gasteiger partial charge in [0.2, 0.25) is 5.95 Å². The van der Waals surface area contributed by atoms with Crippen molar-refractivity contribution in [2.75, 3.05) is 12.5 Å². The second-order valence-electron chi connectivity index (χ2n) is 2.63. The van der Waals surface area contributed by atoms with Crippen molar-refractivity contribution in [3.05, 3.63) is 23.8 Å². The van der Waals surface area contributed by atoms with Crippen LogP contribution in [0.25, 0.3) is 0 Å². The lowest BCUT2D eigenvalue weighted by Gasteiger charge is -2.00. The Balaban J connectivity index is 3.22. The Labute approximate surface area is 73.9 Å². The van der Waals surface area contributed by atoms with Crippen molar-refractivity contribution in [1.82, 2.24) is 4.98 Å².